The van der Waals surface area contributed by atoms with E-state index in [2.05, 4.69) is 18.3 Å². The molecule has 1 unspecified atom stereocenters. The molecule has 0 rings (SSSR count). The highest BCUT2D eigenvalue weighted by Crippen LogP contribution is 1.98. The first kappa shape index (κ1) is 13.8. The average molecular weight is 211 g/mol. The Balaban J connectivity index is 3.94. The van der Waals surface area contributed by atoms with Crippen molar-refractivity contribution in [3.8, 4) is 6.07 Å². The number of urea groups is 1. The number of carbonyl (C=O) groups excluding carboxylic acids is 1. The smallest absolute Gasteiger partial charge is 0.317 e. The lowest BCUT2D eigenvalue weighted by atomic mass is 10.2. The Morgan fingerprint density at radius 3 is 2.67 bits per heavy atom. The third-order valence-electron chi connectivity index (χ3n) is 2.19. The summed E-state index contributed by atoms with van der Waals surface area (Å²) < 4.78 is 0. The van der Waals surface area contributed by atoms with E-state index in [-0.39, 0.29) is 11.9 Å². The molecular formula is C11H21N3O. The average Bonchev–Trinajstić information content (AvgIpc) is 2.25. The molecule has 0 bridgehead atoms. The van der Waals surface area contributed by atoms with Gasteiger partial charge in [-0.25, -0.2) is 4.79 Å². The van der Waals surface area contributed by atoms with E-state index in [1.807, 2.05) is 13.8 Å². The summed E-state index contributed by atoms with van der Waals surface area (Å²) in [5, 5.41) is 11.5. The lowest BCUT2D eigenvalue weighted by Crippen LogP contribution is -2.42. The van der Waals surface area contributed by atoms with E-state index in [0.29, 0.717) is 19.6 Å². The number of amides is 2. The third-order valence-corrected chi connectivity index (χ3v) is 2.19. The van der Waals surface area contributed by atoms with Crippen molar-refractivity contribution < 1.29 is 4.79 Å². The molecule has 0 aromatic carbocycles. The second-order valence-corrected chi connectivity index (χ2v) is 3.65. The van der Waals surface area contributed by atoms with Gasteiger partial charge in [0.2, 0.25) is 0 Å². The van der Waals surface area contributed by atoms with Crippen LogP contribution in [0.25, 0.3) is 0 Å². The van der Waals surface area contributed by atoms with Gasteiger partial charge in [0, 0.05) is 19.6 Å². The van der Waals surface area contributed by atoms with Gasteiger partial charge < -0.3 is 10.2 Å². The Bertz CT molecular complexity index is 222. The summed E-state index contributed by atoms with van der Waals surface area (Å²) in [7, 11) is 0. The molecule has 0 heterocycles. The molecule has 1 N–H and O–H groups in total. The normalized spacial score (nSPS) is 11.6. The van der Waals surface area contributed by atoms with Crippen LogP contribution in [0.4, 0.5) is 4.79 Å². The van der Waals surface area contributed by atoms with Gasteiger partial charge >= 0.3 is 6.03 Å². The number of nitrogens with one attached hydrogen (secondary N) is 1. The maximum Gasteiger partial charge on any atom is 0.317 e. The van der Waals surface area contributed by atoms with Crippen LogP contribution in [0, 0.1) is 17.2 Å². The van der Waals surface area contributed by atoms with Crippen LogP contribution in [0.15, 0.2) is 0 Å². The van der Waals surface area contributed by atoms with Crippen molar-refractivity contribution >= 4 is 6.03 Å². The molecule has 4 heteroatoms. The van der Waals surface area contributed by atoms with E-state index in [1.54, 1.807) is 4.90 Å². The number of hydrogen-bond acceptors (Lipinski definition) is 2. The first-order valence-corrected chi connectivity index (χ1v) is 5.58. The van der Waals surface area contributed by atoms with Crippen molar-refractivity contribution in [1.82, 2.24) is 10.2 Å². The molecule has 0 fully saturated rings. The fraction of sp³-hybridized carbons (Fsp3) is 0.818. The lowest BCUT2D eigenvalue weighted by molar-refractivity contribution is 0.196. The maximum atomic E-state index is 11.6. The predicted molar refractivity (Wildman–Crippen MR) is 60.3 cm³/mol. The molecule has 15 heavy (non-hydrogen) atoms. The number of rotatable bonds is 6. The SMILES string of the molecule is CCCCNC(=O)N(CC)CC(C)C#N. The number of nitriles is 1. The molecule has 86 valence electrons. The largest absolute Gasteiger partial charge is 0.338 e. The van der Waals surface area contributed by atoms with Crippen molar-refractivity contribution in [3.63, 3.8) is 0 Å². The Morgan fingerprint density at radius 2 is 2.20 bits per heavy atom. The zero-order chi connectivity index (χ0) is 11.7. The lowest BCUT2D eigenvalue weighted by Gasteiger charge is -2.22. The molecule has 0 aliphatic heterocycles. The first-order chi connectivity index (χ1) is 7.15. The fourth-order valence-electron chi connectivity index (χ4n) is 1.21. The molecule has 0 aromatic heterocycles. The molecule has 0 aliphatic carbocycles. The predicted octanol–water partition coefficient (Wildman–Crippen LogP) is 1.98. The van der Waals surface area contributed by atoms with Crippen LogP contribution < -0.4 is 5.32 Å². The second kappa shape index (κ2) is 8.10. The van der Waals surface area contributed by atoms with E-state index < -0.39 is 0 Å². The number of nitrogens with zero attached hydrogens (tertiary/aromatic N) is 2. The van der Waals surface area contributed by atoms with Crippen LogP contribution in [0.3, 0.4) is 0 Å². The van der Waals surface area contributed by atoms with Crippen LogP contribution in [0.2, 0.25) is 0 Å². The minimum Gasteiger partial charge on any atom is -0.338 e. The van der Waals surface area contributed by atoms with Gasteiger partial charge in [0.25, 0.3) is 0 Å². The number of unbranched alkanes of at least 4 members (excludes halogenated alkanes) is 1. The summed E-state index contributed by atoms with van der Waals surface area (Å²) in [5.41, 5.74) is 0. The zero-order valence-electron chi connectivity index (χ0n) is 9.92. The van der Waals surface area contributed by atoms with Crippen LogP contribution in [0.1, 0.15) is 33.6 Å². The summed E-state index contributed by atoms with van der Waals surface area (Å²) in [4.78, 5) is 13.3. The summed E-state index contributed by atoms with van der Waals surface area (Å²) >= 11 is 0. The highest BCUT2D eigenvalue weighted by molar-refractivity contribution is 5.74. The Labute approximate surface area is 92.3 Å². The van der Waals surface area contributed by atoms with Gasteiger partial charge in [0.15, 0.2) is 0 Å². The zero-order valence-corrected chi connectivity index (χ0v) is 9.92. The summed E-state index contributed by atoms with van der Waals surface area (Å²) in [5.74, 6) is -0.109. The van der Waals surface area contributed by atoms with Crippen molar-refractivity contribution in [2.24, 2.45) is 5.92 Å². The van der Waals surface area contributed by atoms with E-state index in [0.717, 1.165) is 12.8 Å². The van der Waals surface area contributed by atoms with Crippen LogP contribution in [0.5, 0.6) is 0 Å². The number of hydrogen-bond donors (Lipinski definition) is 1. The first-order valence-electron chi connectivity index (χ1n) is 5.58. The van der Waals surface area contributed by atoms with Crippen molar-refractivity contribution in [1.29, 1.82) is 5.26 Å². The highest BCUT2D eigenvalue weighted by atomic mass is 16.2. The minimum atomic E-state index is -0.109. The molecule has 0 saturated carbocycles. The van der Waals surface area contributed by atoms with Gasteiger partial charge in [0.05, 0.1) is 12.0 Å². The van der Waals surface area contributed by atoms with Gasteiger partial charge in [-0.1, -0.05) is 13.3 Å². The van der Waals surface area contributed by atoms with Gasteiger partial charge in [-0.05, 0) is 20.3 Å². The highest BCUT2D eigenvalue weighted by Gasteiger charge is 2.13. The van der Waals surface area contributed by atoms with Crippen LogP contribution >= 0.6 is 0 Å². The van der Waals surface area contributed by atoms with Gasteiger partial charge in [-0.15, -0.1) is 0 Å². The Kier molecular flexibility index (Phi) is 7.43. The van der Waals surface area contributed by atoms with E-state index in [1.165, 1.54) is 0 Å². The molecular weight excluding hydrogens is 190 g/mol. The third kappa shape index (κ3) is 5.95. The molecule has 0 spiro atoms. The molecule has 0 radical (unpaired) electrons. The minimum absolute atomic E-state index is 0.0620. The molecule has 0 saturated heterocycles. The van der Waals surface area contributed by atoms with Gasteiger partial charge in [-0.2, -0.15) is 5.26 Å². The van der Waals surface area contributed by atoms with Crippen molar-refractivity contribution in [2.75, 3.05) is 19.6 Å². The van der Waals surface area contributed by atoms with Crippen LogP contribution in [-0.4, -0.2) is 30.6 Å². The maximum absolute atomic E-state index is 11.6. The summed E-state index contributed by atoms with van der Waals surface area (Å²) in [6, 6.07) is 2.07. The van der Waals surface area contributed by atoms with Gasteiger partial charge in [-0.3, -0.25) is 0 Å². The Morgan fingerprint density at radius 1 is 1.53 bits per heavy atom. The van der Waals surface area contributed by atoms with Crippen LogP contribution in [-0.2, 0) is 0 Å². The fourth-order valence-corrected chi connectivity index (χ4v) is 1.21. The molecule has 4 nitrogen and oxygen atoms in total. The van der Waals surface area contributed by atoms with E-state index in [4.69, 9.17) is 5.26 Å². The van der Waals surface area contributed by atoms with E-state index in [9.17, 15) is 4.79 Å². The number of carbonyl (C=O) groups is 1. The molecule has 2 amide bonds. The topological polar surface area (TPSA) is 56.1 Å². The summed E-state index contributed by atoms with van der Waals surface area (Å²) in [6.07, 6.45) is 2.07. The molecule has 1 atom stereocenters. The summed E-state index contributed by atoms with van der Waals surface area (Å²) in [6.45, 7) is 7.69. The monoisotopic (exact) mass is 211 g/mol. The molecule has 0 aromatic rings. The van der Waals surface area contributed by atoms with E-state index >= 15 is 0 Å². The Hall–Kier alpha value is -1.24. The van der Waals surface area contributed by atoms with Crippen molar-refractivity contribution in [3.05, 3.63) is 0 Å². The quantitative estimate of drug-likeness (QED) is 0.683. The van der Waals surface area contributed by atoms with Crippen molar-refractivity contribution in [2.45, 2.75) is 33.6 Å². The second-order valence-electron chi connectivity index (χ2n) is 3.65. The van der Waals surface area contributed by atoms with Gasteiger partial charge in [0.1, 0.15) is 0 Å². The standard InChI is InChI=1S/C11H21N3O/c1-4-6-7-13-11(15)14(5-2)9-10(3)8-12/h10H,4-7,9H2,1-3H3,(H,13,15). The molecule has 0 aliphatic rings.